The molecule has 2 aromatic rings. The van der Waals surface area contributed by atoms with E-state index >= 15 is 0 Å². The minimum Gasteiger partial charge on any atom is -0.456 e. The third kappa shape index (κ3) is 6.70. The maximum Gasteiger partial charge on any atom is 0.417 e. The van der Waals surface area contributed by atoms with Crippen LogP contribution in [0, 0.1) is 0 Å². The number of nitrogens with zero attached hydrogens (tertiary/aromatic N) is 3. The fraction of sp³-hybridized carbons (Fsp3) is 0.267. The molecule has 0 unspecified atom stereocenters. The Balaban J connectivity index is 1.75. The van der Waals surface area contributed by atoms with E-state index in [1.807, 2.05) is 0 Å². The molecule has 0 aromatic carbocycles. The molecule has 0 saturated carbocycles. The standard InChI is InChI=1S/C15H13ClF3N5O3/c16-10-6-9(15(17,18)19)7-23-13(10)24-11(25)8-27-12(26)2-5-22-14-20-3-1-4-21-14/h1,3-4,6-7H,2,5,8H2,(H,20,21,22)(H,23,24,25). The monoisotopic (exact) mass is 403 g/mol. The average Bonchev–Trinajstić information content (AvgIpc) is 2.62. The van der Waals surface area contributed by atoms with Crippen molar-refractivity contribution in [2.24, 2.45) is 0 Å². The molecule has 0 saturated heterocycles. The Hall–Kier alpha value is -2.95. The van der Waals surface area contributed by atoms with E-state index in [2.05, 4.69) is 25.6 Å². The number of anilines is 2. The van der Waals surface area contributed by atoms with Crippen LogP contribution in [0.1, 0.15) is 12.0 Å². The van der Waals surface area contributed by atoms with Gasteiger partial charge < -0.3 is 15.4 Å². The molecular weight excluding hydrogens is 391 g/mol. The van der Waals surface area contributed by atoms with Crippen molar-refractivity contribution >= 4 is 35.2 Å². The Morgan fingerprint density at radius 2 is 1.89 bits per heavy atom. The number of pyridine rings is 1. The van der Waals surface area contributed by atoms with Gasteiger partial charge in [-0.25, -0.2) is 15.0 Å². The lowest BCUT2D eigenvalue weighted by molar-refractivity contribution is -0.147. The highest BCUT2D eigenvalue weighted by atomic mass is 35.5. The molecule has 27 heavy (non-hydrogen) atoms. The number of amides is 1. The normalized spacial score (nSPS) is 11.0. The molecule has 0 aliphatic rings. The highest BCUT2D eigenvalue weighted by molar-refractivity contribution is 6.33. The summed E-state index contributed by atoms with van der Waals surface area (Å²) < 4.78 is 42.3. The average molecular weight is 404 g/mol. The Labute approximate surface area is 156 Å². The lowest BCUT2D eigenvalue weighted by Gasteiger charge is -2.10. The summed E-state index contributed by atoms with van der Waals surface area (Å²) in [5.74, 6) is -1.39. The van der Waals surface area contributed by atoms with Crippen LogP contribution in [0.2, 0.25) is 5.02 Å². The van der Waals surface area contributed by atoms with Crippen molar-refractivity contribution in [3.63, 3.8) is 0 Å². The SMILES string of the molecule is O=C(COC(=O)CCNc1ncccn1)Nc1ncc(C(F)(F)F)cc1Cl. The van der Waals surface area contributed by atoms with Crippen molar-refractivity contribution in [1.82, 2.24) is 15.0 Å². The van der Waals surface area contributed by atoms with Gasteiger partial charge in [0.1, 0.15) is 0 Å². The van der Waals surface area contributed by atoms with Crippen LogP contribution in [0.5, 0.6) is 0 Å². The van der Waals surface area contributed by atoms with Crippen molar-refractivity contribution in [2.45, 2.75) is 12.6 Å². The van der Waals surface area contributed by atoms with E-state index in [1.165, 1.54) is 12.4 Å². The van der Waals surface area contributed by atoms with E-state index in [9.17, 15) is 22.8 Å². The molecule has 0 aliphatic carbocycles. The van der Waals surface area contributed by atoms with Crippen LogP contribution >= 0.6 is 11.6 Å². The van der Waals surface area contributed by atoms with Gasteiger partial charge in [-0.15, -0.1) is 0 Å². The van der Waals surface area contributed by atoms with Gasteiger partial charge in [0, 0.05) is 25.1 Å². The van der Waals surface area contributed by atoms with Gasteiger partial charge in [0.05, 0.1) is 17.0 Å². The number of hydrogen-bond donors (Lipinski definition) is 2. The first kappa shape index (κ1) is 20.4. The van der Waals surface area contributed by atoms with E-state index in [0.29, 0.717) is 18.2 Å². The third-order valence-electron chi connectivity index (χ3n) is 2.97. The van der Waals surface area contributed by atoms with Crippen molar-refractivity contribution in [2.75, 3.05) is 23.8 Å². The topological polar surface area (TPSA) is 106 Å². The Morgan fingerprint density at radius 3 is 2.52 bits per heavy atom. The summed E-state index contributed by atoms with van der Waals surface area (Å²) in [6, 6.07) is 2.27. The molecule has 0 atom stereocenters. The molecule has 2 aromatic heterocycles. The van der Waals surface area contributed by atoms with Crippen LogP contribution in [0.25, 0.3) is 0 Å². The van der Waals surface area contributed by atoms with E-state index < -0.39 is 35.2 Å². The van der Waals surface area contributed by atoms with Crippen LogP contribution in [0.4, 0.5) is 24.9 Å². The van der Waals surface area contributed by atoms with E-state index in [0.717, 1.165) is 0 Å². The highest BCUT2D eigenvalue weighted by Gasteiger charge is 2.31. The van der Waals surface area contributed by atoms with Gasteiger partial charge in [-0.05, 0) is 12.1 Å². The molecule has 2 rings (SSSR count). The van der Waals surface area contributed by atoms with Crippen molar-refractivity contribution in [3.8, 4) is 0 Å². The maximum absolute atomic E-state index is 12.5. The van der Waals surface area contributed by atoms with Gasteiger partial charge in [-0.1, -0.05) is 11.6 Å². The quantitative estimate of drug-likeness (QED) is 0.684. The fourth-order valence-electron chi connectivity index (χ4n) is 1.74. The number of rotatable bonds is 7. The second-order valence-electron chi connectivity index (χ2n) is 5.01. The smallest absolute Gasteiger partial charge is 0.417 e. The number of hydrogen-bond acceptors (Lipinski definition) is 7. The first-order valence-corrected chi connectivity index (χ1v) is 7.82. The van der Waals surface area contributed by atoms with Crippen molar-refractivity contribution in [3.05, 3.63) is 41.3 Å². The van der Waals surface area contributed by atoms with E-state index in [4.69, 9.17) is 16.3 Å². The molecule has 0 spiro atoms. The van der Waals surface area contributed by atoms with Gasteiger partial charge in [0.15, 0.2) is 12.4 Å². The summed E-state index contributed by atoms with van der Waals surface area (Å²) >= 11 is 5.66. The molecule has 144 valence electrons. The largest absolute Gasteiger partial charge is 0.456 e. The Bertz CT molecular complexity index is 805. The van der Waals surface area contributed by atoms with Crippen LogP contribution in [-0.4, -0.2) is 40.0 Å². The number of aromatic nitrogens is 3. The summed E-state index contributed by atoms with van der Waals surface area (Å²) in [7, 11) is 0. The minimum atomic E-state index is -4.60. The fourth-order valence-corrected chi connectivity index (χ4v) is 1.95. The van der Waals surface area contributed by atoms with Crippen LogP contribution in [0.15, 0.2) is 30.7 Å². The third-order valence-corrected chi connectivity index (χ3v) is 3.26. The second kappa shape index (κ2) is 9.12. The summed E-state index contributed by atoms with van der Waals surface area (Å²) in [6.07, 6.45) is -1.07. The summed E-state index contributed by atoms with van der Waals surface area (Å²) in [4.78, 5) is 34.5. The number of ether oxygens (including phenoxy) is 1. The molecule has 0 radical (unpaired) electrons. The van der Waals surface area contributed by atoms with Crippen molar-refractivity contribution < 1.29 is 27.5 Å². The van der Waals surface area contributed by atoms with E-state index in [1.54, 1.807) is 6.07 Å². The van der Waals surface area contributed by atoms with Crippen LogP contribution in [0.3, 0.4) is 0 Å². The van der Waals surface area contributed by atoms with Gasteiger partial charge in [-0.2, -0.15) is 13.2 Å². The minimum absolute atomic E-state index is 0.0508. The van der Waals surface area contributed by atoms with Crippen LogP contribution in [-0.2, 0) is 20.5 Å². The molecular formula is C15H13ClF3N5O3. The zero-order valence-corrected chi connectivity index (χ0v) is 14.3. The molecule has 1 amide bonds. The number of esters is 1. The molecule has 0 aliphatic heterocycles. The zero-order chi connectivity index (χ0) is 19.9. The van der Waals surface area contributed by atoms with E-state index in [-0.39, 0.29) is 18.8 Å². The second-order valence-corrected chi connectivity index (χ2v) is 5.42. The van der Waals surface area contributed by atoms with Gasteiger partial charge in [0.25, 0.3) is 5.91 Å². The zero-order valence-electron chi connectivity index (χ0n) is 13.6. The molecule has 0 fully saturated rings. The van der Waals surface area contributed by atoms with Crippen molar-refractivity contribution in [1.29, 1.82) is 0 Å². The summed E-state index contributed by atoms with van der Waals surface area (Å²) in [5.41, 5.74) is -1.05. The molecule has 2 heterocycles. The van der Waals surface area contributed by atoms with Gasteiger partial charge in [0.2, 0.25) is 5.95 Å². The summed E-state index contributed by atoms with van der Waals surface area (Å²) in [6.45, 7) is -0.448. The number of halogens is 4. The molecule has 8 nitrogen and oxygen atoms in total. The Kier molecular flexibility index (Phi) is 6.88. The maximum atomic E-state index is 12.5. The van der Waals surface area contributed by atoms with Crippen LogP contribution < -0.4 is 10.6 Å². The predicted octanol–water partition coefficient (Wildman–Crippen LogP) is 2.53. The number of nitrogens with one attached hydrogen (secondary N) is 2. The van der Waals surface area contributed by atoms with Gasteiger partial charge in [-0.3, -0.25) is 9.59 Å². The van der Waals surface area contributed by atoms with Gasteiger partial charge >= 0.3 is 12.1 Å². The number of carbonyl (C=O) groups excluding carboxylic acids is 2. The summed E-state index contributed by atoms with van der Waals surface area (Å²) in [5, 5.41) is 4.56. The molecule has 12 heteroatoms. The molecule has 2 N–H and O–H groups in total. The number of carbonyl (C=O) groups is 2. The Morgan fingerprint density at radius 1 is 1.19 bits per heavy atom. The lowest BCUT2D eigenvalue weighted by Crippen LogP contribution is -2.22. The first-order chi connectivity index (χ1) is 12.8. The number of alkyl halides is 3. The highest BCUT2D eigenvalue weighted by Crippen LogP contribution is 2.32. The first-order valence-electron chi connectivity index (χ1n) is 7.45. The predicted molar refractivity (Wildman–Crippen MR) is 89.0 cm³/mol. The lowest BCUT2D eigenvalue weighted by atomic mass is 10.3. The molecule has 0 bridgehead atoms.